The van der Waals surface area contributed by atoms with E-state index in [9.17, 15) is 9.59 Å². The molecule has 3 nitrogen and oxygen atoms in total. The van der Waals surface area contributed by atoms with Gasteiger partial charge in [-0.1, -0.05) is 37.6 Å². The molecule has 1 atom stereocenters. The van der Waals surface area contributed by atoms with Crippen molar-refractivity contribution in [3.8, 4) is 0 Å². The molecule has 0 N–H and O–H groups in total. The van der Waals surface area contributed by atoms with Crippen LogP contribution in [-0.4, -0.2) is 17.9 Å². The van der Waals surface area contributed by atoms with Crippen LogP contribution >= 0.6 is 0 Å². The SMILES string of the molecule is CCCCC(=O)O[C@@H]1Cc2ccccc2C1=O. The van der Waals surface area contributed by atoms with Crippen LogP contribution in [0.4, 0.5) is 0 Å². The number of hydrogen-bond donors (Lipinski definition) is 0. The summed E-state index contributed by atoms with van der Waals surface area (Å²) in [6.45, 7) is 2.02. The third kappa shape index (κ3) is 2.54. The molecule has 0 amide bonds. The van der Waals surface area contributed by atoms with Gasteiger partial charge >= 0.3 is 5.97 Å². The predicted octanol–water partition coefficient (Wildman–Crippen LogP) is 2.53. The molecule has 1 aliphatic rings. The highest BCUT2D eigenvalue weighted by molar-refractivity contribution is 6.04. The van der Waals surface area contributed by atoms with Crippen molar-refractivity contribution in [3.05, 3.63) is 35.4 Å². The zero-order valence-corrected chi connectivity index (χ0v) is 9.94. The van der Waals surface area contributed by atoms with Crippen LogP contribution in [0.2, 0.25) is 0 Å². The van der Waals surface area contributed by atoms with E-state index in [2.05, 4.69) is 0 Å². The van der Waals surface area contributed by atoms with Gasteiger partial charge in [0.25, 0.3) is 0 Å². The molecule has 0 fully saturated rings. The number of fused-ring (bicyclic) bond motifs is 1. The van der Waals surface area contributed by atoms with Crippen LogP contribution in [0, 0.1) is 0 Å². The average molecular weight is 232 g/mol. The molecular formula is C14H16O3. The lowest BCUT2D eigenvalue weighted by Gasteiger charge is -2.09. The number of rotatable bonds is 4. The fourth-order valence-electron chi connectivity index (χ4n) is 2.04. The summed E-state index contributed by atoms with van der Waals surface area (Å²) in [5.74, 6) is -0.330. The molecule has 0 spiro atoms. The lowest BCUT2D eigenvalue weighted by atomic mass is 10.1. The highest BCUT2D eigenvalue weighted by Gasteiger charge is 2.32. The molecule has 0 aliphatic heterocycles. The fourth-order valence-corrected chi connectivity index (χ4v) is 2.04. The van der Waals surface area contributed by atoms with Gasteiger partial charge in [0.15, 0.2) is 6.10 Å². The first kappa shape index (κ1) is 11.8. The molecular weight excluding hydrogens is 216 g/mol. The first-order chi connectivity index (χ1) is 8.22. The minimum Gasteiger partial charge on any atom is -0.454 e. The smallest absolute Gasteiger partial charge is 0.306 e. The number of Topliss-reactive ketones (excluding diaryl/α,β-unsaturated/α-hetero) is 1. The molecule has 1 aromatic carbocycles. The van der Waals surface area contributed by atoms with Crippen molar-refractivity contribution in [1.82, 2.24) is 0 Å². The third-order valence-electron chi connectivity index (χ3n) is 2.99. The average Bonchev–Trinajstić information content (AvgIpc) is 2.64. The molecule has 0 saturated carbocycles. The molecule has 0 saturated heterocycles. The van der Waals surface area contributed by atoms with E-state index in [0.29, 0.717) is 18.4 Å². The van der Waals surface area contributed by atoms with Crippen molar-refractivity contribution >= 4 is 11.8 Å². The molecule has 3 heteroatoms. The van der Waals surface area contributed by atoms with Crippen molar-refractivity contribution in [2.45, 2.75) is 38.7 Å². The van der Waals surface area contributed by atoms with Crippen molar-refractivity contribution in [1.29, 1.82) is 0 Å². The summed E-state index contributed by atoms with van der Waals surface area (Å²) in [5.41, 5.74) is 1.67. The Bertz CT molecular complexity index is 437. The number of ether oxygens (including phenoxy) is 1. The molecule has 0 bridgehead atoms. The minimum atomic E-state index is -0.600. The van der Waals surface area contributed by atoms with E-state index in [0.717, 1.165) is 18.4 Å². The van der Waals surface area contributed by atoms with Gasteiger partial charge in [0.05, 0.1) is 0 Å². The molecule has 0 aromatic heterocycles. The largest absolute Gasteiger partial charge is 0.454 e. The van der Waals surface area contributed by atoms with E-state index in [4.69, 9.17) is 4.74 Å². The third-order valence-corrected chi connectivity index (χ3v) is 2.99. The first-order valence-electron chi connectivity index (χ1n) is 6.04. The number of ketones is 1. The Hall–Kier alpha value is -1.64. The van der Waals surface area contributed by atoms with E-state index >= 15 is 0 Å². The molecule has 0 heterocycles. The molecule has 0 unspecified atom stereocenters. The lowest BCUT2D eigenvalue weighted by molar-refractivity contribution is -0.146. The van der Waals surface area contributed by atoms with Gasteiger partial charge in [-0.15, -0.1) is 0 Å². The summed E-state index contributed by atoms with van der Waals surface area (Å²) in [6.07, 6.45) is 2.08. The van der Waals surface area contributed by atoms with E-state index in [-0.39, 0.29) is 11.8 Å². The van der Waals surface area contributed by atoms with Crippen LogP contribution in [0.1, 0.15) is 42.1 Å². The number of esters is 1. The van der Waals surface area contributed by atoms with Crippen LogP contribution in [0.25, 0.3) is 0 Å². The zero-order valence-electron chi connectivity index (χ0n) is 9.94. The molecule has 17 heavy (non-hydrogen) atoms. The van der Waals surface area contributed by atoms with Crippen LogP contribution in [0.15, 0.2) is 24.3 Å². The Morgan fingerprint density at radius 3 is 2.88 bits per heavy atom. The number of carbonyl (C=O) groups excluding carboxylic acids is 2. The summed E-state index contributed by atoms with van der Waals surface area (Å²) in [4.78, 5) is 23.4. The molecule has 0 radical (unpaired) electrons. The minimum absolute atomic E-state index is 0.0644. The Balaban J connectivity index is 1.98. The summed E-state index contributed by atoms with van der Waals surface area (Å²) in [7, 11) is 0. The van der Waals surface area contributed by atoms with E-state index in [1.54, 1.807) is 6.07 Å². The van der Waals surface area contributed by atoms with Crippen LogP contribution in [0.3, 0.4) is 0 Å². The normalized spacial score (nSPS) is 17.9. The van der Waals surface area contributed by atoms with Gasteiger partial charge in [0, 0.05) is 18.4 Å². The van der Waals surface area contributed by atoms with Gasteiger partial charge in [-0.25, -0.2) is 0 Å². The highest BCUT2D eigenvalue weighted by atomic mass is 16.5. The summed E-state index contributed by atoms with van der Waals surface area (Å²) < 4.78 is 5.22. The zero-order chi connectivity index (χ0) is 12.3. The van der Waals surface area contributed by atoms with Crippen molar-refractivity contribution in [2.75, 3.05) is 0 Å². The second-order valence-corrected chi connectivity index (χ2v) is 4.31. The maximum atomic E-state index is 11.9. The Morgan fingerprint density at radius 1 is 1.41 bits per heavy atom. The number of carbonyl (C=O) groups is 2. The van der Waals surface area contributed by atoms with E-state index < -0.39 is 6.10 Å². The summed E-state index contributed by atoms with van der Waals surface area (Å²) in [6, 6.07) is 7.43. The molecule has 1 aromatic rings. The quantitative estimate of drug-likeness (QED) is 0.749. The van der Waals surface area contributed by atoms with Gasteiger partial charge in [0.1, 0.15) is 0 Å². The topological polar surface area (TPSA) is 43.4 Å². The van der Waals surface area contributed by atoms with Gasteiger partial charge in [-0.3, -0.25) is 9.59 Å². The maximum absolute atomic E-state index is 11.9. The monoisotopic (exact) mass is 232 g/mol. The number of benzene rings is 1. The Kier molecular flexibility index (Phi) is 3.57. The van der Waals surface area contributed by atoms with E-state index in [1.165, 1.54) is 0 Å². The Morgan fingerprint density at radius 2 is 2.18 bits per heavy atom. The number of hydrogen-bond acceptors (Lipinski definition) is 3. The van der Waals surface area contributed by atoms with Gasteiger partial charge < -0.3 is 4.74 Å². The highest BCUT2D eigenvalue weighted by Crippen LogP contribution is 2.24. The molecule has 2 rings (SSSR count). The van der Waals surface area contributed by atoms with Gasteiger partial charge in [-0.05, 0) is 12.0 Å². The van der Waals surface area contributed by atoms with Crippen molar-refractivity contribution in [3.63, 3.8) is 0 Å². The van der Waals surface area contributed by atoms with Crippen molar-refractivity contribution in [2.24, 2.45) is 0 Å². The van der Waals surface area contributed by atoms with Crippen LogP contribution in [-0.2, 0) is 16.0 Å². The second kappa shape index (κ2) is 5.13. The maximum Gasteiger partial charge on any atom is 0.306 e. The predicted molar refractivity (Wildman–Crippen MR) is 63.9 cm³/mol. The van der Waals surface area contributed by atoms with Crippen LogP contribution < -0.4 is 0 Å². The lowest BCUT2D eigenvalue weighted by Crippen LogP contribution is -2.23. The van der Waals surface area contributed by atoms with E-state index in [1.807, 2.05) is 25.1 Å². The summed E-state index contributed by atoms with van der Waals surface area (Å²) in [5, 5.41) is 0. The first-order valence-corrected chi connectivity index (χ1v) is 6.04. The van der Waals surface area contributed by atoms with Crippen LogP contribution in [0.5, 0.6) is 0 Å². The number of unbranched alkanes of at least 4 members (excludes halogenated alkanes) is 1. The standard InChI is InChI=1S/C14H16O3/c1-2-3-8-13(15)17-12-9-10-6-4-5-7-11(10)14(12)16/h4-7,12H,2-3,8-9H2,1H3/t12-/m1/s1. The second-order valence-electron chi connectivity index (χ2n) is 4.31. The Labute approximate surface area is 101 Å². The summed E-state index contributed by atoms with van der Waals surface area (Å²) >= 11 is 0. The van der Waals surface area contributed by atoms with Crippen molar-refractivity contribution < 1.29 is 14.3 Å². The van der Waals surface area contributed by atoms with Gasteiger partial charge in [-0.2, -0.15) is 0 Å². The van der Waals surface area contributed by atoms with Gasteiger partial charge in [0.2, 0.25) is 5.78 Å². The molecule has 90 valence electrons. The fraction of sp³-hybridized carbons (Fsp3) is 0.429. The molecule has 1 aliphatic carbocycles.